The van der Waals surface area contributed by atoms with Crippen LogP contribution in [0.2, 0.25) is 0 Å². The lowest BCUT2D eigenvalue weighted by molar-refractivity contribution is 0.607. The van der Waals surface area contributed by atoms with E-state index in [0.29, 0.717) is 6.04 Å². The van der Waals surface area contributed by atoms with E-state index in [0.717, 1.165) is 30.9 Å². The third kappa shape index (κ3) is 2.52. The van der Waals surface area contributed by atoms with Crippen LogP contribution in [-0.4, -0.2) is 30.5 Å². The zero-order valence-electron chi connectivity index (χ0n) is 11.3. The molecule has 1 N–H and O–H groups in total. The van der Waals surface area contributed by atoms with E-state index in [1.807, 2.05) is 22.3 Å². The van der Waals surface area contributed by atoms with Gasteiger partial charge in [0.2, 0.25) is 0 Å². The van der Waals surface area contributed by atoms with Crippen LogP contribution in [0.25, 0.3) is 5.82 Å². The summed E-state index contributed by atoms with van der Waals surface area (Å²) in [5.41, 5.74) is 3.20. The number of anilines is 1. The van der Waals surface area contributed by atoms with Gasteiger partial charge in [0.1, 0.15) is 24.3 Å². The molecule has 0 amide bonds. The second-order valence-corrected chi connectivity index (χ2v) is 5.98. The number of thiazole rings is 1. The number of aryl methyl sites for hydroxylation is 1. The number of nitrogens with one attached hydrogen (secondary N) is 1. The van der Waals surface area contributed by atoms with Gasteiger partial charge in [-0.2, -0.15) is 0 Å². The molecule has 0 saturated heterocycles. The van der Waals surface area contributed by atoms with Crippen LogP contribution in [0.4, 0.5) is 5.82 Å². The largest absolute Gasteiger partial charge is 0.367 e. The smallest absolute Gasteiger partial charge is 0.143 e. The van der Waals surface area contributed by atoms with Crippen LogP contribution in [0, 0.1) is 0 Å². The van der Waals surface area contributed by atoms with E-state index in [4.69, 9.17) is 0 Å². The summed E-state index contributed by atoms with van der Waals surface area (Å²) in [6.07, 6.45) is 10.1. The van der Waals surface area contributed by atoms with Gasteiger partial charge in [-0.15, -0.1) is 11.3 Å². The predicted molar refractivity (Wildman–Crippen MR) is 80.7 cm³/mol. The molecule has 3 heterocycles. The van der Waals surface area contributed by atoms with Crippen molar-refractivity contribution in [2.24, 2.45) is 0 Å². The number of imidazole rings is 1. The Balaban J connectivity index is 1.52. The number of hydrogen-bond acceptors (Lipinski definition) is 6. The lowest BCUT2D eigenvalue weighted by Gasteiger charge is -2.23. The molecule has 0 aromatic carbocycles. The van der Waals surface area contributed by atoms with Crippen LogP contribution in [0.3, 0.4) is 0 Å². The third-order valence-corrected chi connectivity index (χ3v) is 4.56. The molecule has 21 heavy (non-hydrogen) atoms. The molecule has 0 saturated carbocycles. The molecule has 1 atom stereocenters. The minimum Gasteiger partial charge on any atom is -0.367 e. The Morgan fingerprint density at radius 2 is 2.29 bits per heavy atom. The first-order valence-electron chi connectivity index (χ1n) is 6.86. The standard InChI is InChI=1S/C14H14N6S/c1-2-11-12(21-9-18-11)5-10(1)19-13-6-14(17-7-16-13)20-4-3-15-8-20/h3-4,6-10H,1-2,5H2,(H,16,17,19)/t10-/m0/s1. The molecule has 1 aliphatic carbocycles. The van der Waals surface area contributed by atoms with Gasteiger partial charge in [-0.25, -0.2) is 19.9 Å². The summed E-state index contributed by atoms with van der Waals surface area (Å²) in [7, 11) is 0. The van der Waals surface area contributed by atoms with Gasteiger partial charge in [0.25, 0.3) is 0 Å². The van der Waals surface area contributed by atoms with Crippen molar-refractivity contribution in [2.45, 2.75) is 25.3 Å². The summed E-state index contributed by atoms with van der Waals surface area (Å²) < 4.78 is 1.87. The van der Waals surface area contributed by atoms with E-state index < -0.39 is 0 Å². The molecule has 0 aliphatic heterocycles. The first-order chi connectivity index (χ1) is 10.4. The Labute approximate surface area is 125 Å². The Morgan fingerprint density at radius 3 is 3.19 bits per heavy atom. The monoisotopic (exact) mass is 298 g/mol. The molecule has 1 aliphatic rings. The fourth-order valence-electron chi connectivity index (χ4n) is 2.59. The molecule has 4 rings (SSSR count). The minimum absolute atomic E-state index is 0.406. The molecule has 7 heteroatoms. The highest BCUT2D eigenvalue weighted by atomic mass is 32.1. The Morgan fingerprint density at radius 1 is 1.29 bits per heavy atom. The number of rotatable bonds is 3. The van der Waals surface area contributed by atoms with E-state index in [-0.39, 0.29) is 0 Å². The Bertz CT molecular complexity index is 736. The first kappa shape index (κ1) is 12.5. The normalized spacial score (nSPS) is 17.4. The van der Waals surface area contributed by atoms with Gasteiger partial charge in [0.15, 0.2) is 0 Å². The van der Waals surface area contributed by atoms with Gasteiger partial charge in [0.05, 0.1) is 11.2 Å². The molecule has 0 unspecified atom stereocenters. The van der Waals surface area contributed by atoms with Crippen molar-refractivity contribution in [2.75, 3.05) is 5.32 Å². The summed E-state index contributed by atoms with van der Waals surface area (Å²) in [6.45, 7) is 0. The van der Waals surface area contributed by atoms with Crippen LogP contribution in [0.5, 0.6) is 0 Å². The maximum Gasteiger partial charge on any atom is 0.143 e. The average Bonchev–Trinajstić information content (AvgIpc) is 3.18. The van der Waals surface area contributed by atoms with Gasteiger partial charge in [-0.05, 0) is 12.8 Å². The van der Waals surface area contributed by atoms with Gasteiger partial charge in [0, 0.05) is 35.8 Å². The van der Waals surface area contributed by atoms with Gasteiger partial charge >= 0.3 is 0 Å². The van der Waals surface area contributed by atoms with Crippen molar-refractivity contribution in [3.8, 4) is 5.82 Å². The SMILES string of the molecule is c1cn(-c2cc(N[C@H]3CCc4ncsc4C3)ncn2)cn1. The highest BCUT2D eigenvalue weighted by molar-refractivity contribution is 7.09. The quantitative estimate of drug-likeness (QED) is 0.802. The van der Waals surface area contributed by atoms with Crippen LogP contribution < -0.4 is 5.32 Å². The maximum atomic E-state index is 4.40. The topological polar surface area (TPSA) is 68.5 Å². The number of hydrogen-bond donors (Lipinski definition) is 1. The van der Waals surface area contributed by atoms with Crippen molar-refractivity contribution in [1.29, 1.82) is 0 Å². The second-order valence-electron chi connectivity index (χ2n) is 5.04. The van der Waals surface area contributed by atoms with Gasteiger partial charge in [-0.1, -0.05) is 0 Å². The van der Waals surface area contributed by atoms with Crippen molar-refractivity contribution < 1.29 is 0 Å². The lowest BCUT2D eigenvalue weighted by Crippen LogP contribution is -2.27. The summed E-state index contributed by atoms with van der Waals surface area (Å²) in [5.74, 6) is 1.67. The summed E-state index contributed by atoms with van der Waals surface area (Å²) in [4.78, 5) is 18.4. The molecular weight excluding hydrogens is 284 g/mol. The highest BCUT2D eigenvalue weighted by Gasteiger charge is 2.20. The Kier molecular flexibility index (Phi) is 3.11. The fourth-order valence-corrected chi connectivity index (χ4v) is 3.49. The van der Waals surface area contributed by atoms with E-state index in [9.17, 15) is 0 Å². The van der Waals surface area contributed by atoms with Crippen molar-refractivity contribution >= 4 is 17.2 Å². The molecule has 6 nitrogen and oxygen atoms in total. The minimum atomic E-state index is 0.406. The second kappa shape index (κ2) is 5.25. The van der Waals surface area contributed by atoms with E-state index in [1.165, 1.54) is 10.6 Å². The molecule has 3 aromatic heterocycles. The van der Waals surface area contributed by atoms with Gasteiger partial charge < -0.3 is 5.32 Å². The maximum absolute atomic E-state index is 4.40. The average molecular weight is 298 g/mol. The zero-order chi connectivity index (χ0) is 14.1. The van der Waals surface area contributed by atoms with Crippen molar-refractivity contribution in [3.63, 3.8) is 0 Å². The third-order valence-electron chi connectivity index (χ3n) is 3.66. The highest BCUT2D eigenvalue weighted by Crippen LogP contribution is 2.25. The lowest BCUT2D eigenvalue weighted by atomic mass is 9.98. The molecule has 0 fully saturated rings. The van der Waals surface area contributed by atoms with Crippen LogP contribution in [0.15, 0.2) is 36.6 Å². The molecule has 0 bridgehead atoms. The number of nitrogens with zero attached hydrogens (tertiary/aromatic N) is 5. The zero-order valence-corrected chi connectivity index (χ0v) is 12.1. The van der Waals surface area contributed by atoms with Crippen molar-refractivity contribution in [3.05, 3.63) is 47.2 Å². The molecule has 106 valence electrons. The molecule has 0 radical (unpaired) electrons. The van der Waals surface area contributed by atoms with Crippen LogP contribution in [-0.2, 0) is 12.8 Å². The van der Waals surface area contributed by atoms with Gasteiger partial charge in [-0.3, -0.25) is 4.57 Å². The van der Waals surface area contributed by atoms with Crippen LogP contribution in [0.1, 0.15) is 17.0 Å². The number of aromatic nitrogens is 5. The summed E-state index contributed by atoms with van der Waals surface area (Å²) in [5, 5.41) is 3.51. The molecule has 3 aromatic rings. The molecular formula is C14H14N6S. The first-order valence-corrected chi connectivity index (χ1v) is 7.74. The predicted octanol–water partition coefficient (Wildman–Crippen LogP) is 2.09. The Hall–Kier alpha value is -2.28. The number of fused-ring (bicyclic) bond motifs is 1. The summed E-state index contributed by atoms with van der Waals surface area (Å²) >= 11 is 1.74. The van der Waals surface area contributed by atoms with Crippen LogP contribution >= 0.6 is 11.3 Å². The fraction of sp³-hybridized carbons (Fsp3) is 0.286. The van der Waals surface area contributed by atoms with Crippen molar-refractivity contribution in [1.82, 2.24) is 24.5 Å². The summed E-state index contributed by atoms with van der Waals surface area (Å²) in [6, 6.07) is 2.35. The molecule has 0 spiro atoms. The van der Waals surface area contributed by atoms with E-state index in [1.54, 1.807) is 30.2 Å². The van der Waals surface area contributed by atoms with E-state index in [2.05, 4.69) is 25.3 Å². The van der Waals surface area contributed by atoms with E-state index >= 15 is 0 Å².